The summed E-state index contributed by atoms with van der Waals surface area (Å²) in [6, 6.07) is 13.0. The number of amides is 2. The van der Waals surface area contributed by atoms with Gasteiger partial charge in [-0.05, 0) is 54.6 Å². The summed E-state index contributed by atoms with van der Waals surface area (Å²) < 4.78 is 15.6. The maximum absolute atomic E-state index is 12.9. The second-order valence-electron chi connectivity index (χ2n) is 7.37. The number of ether oxygens (including phenoxy) is 3. The molecule has 0 fully saturated rings. The third-order valence-electron chi connectivity index (χ3n) is 5.31. The van der Waals surface area contributed by atoms with Crippen molar-refractivity contribution in [3.05, 3.63) is 86.9 Å². The van der Waals surface area contributed by atoms with Crippen LogP contribution in [0.3, 0.4) is 0 Å². The van der Waals surface area contributed by atoms with Gasteiger partial charge >= 0.3 is 5.97 Å². The maximum atomic E-state index is 12.9. The number of carbonyl (C=O) groups excluding carboxylic acids is 4. The Morgan fingerprint density at radius 2 is 1.56 bits per heavy atom. The molecular formula is C24H13Cl2NO7. The third kappa shape index (κ3) is 3.76. The molecule has 0 atom stereocenters. The van der Waals surface area contributed by atoms with Crippen molar-refractivity contribution in [3.63, 3.8) is 0 Å². The average Bonchev–Trinajstić information content (AvgIpc) is 3.41. The molecule has 0 radical (unpaired) electrons. The van der Waals surface area contributed by atoms with Gasteiger partial charge in [-0.1, -0.05) is 23.2 Å². The molecule has 2 heterocycles. The van der Waals surface area contributed by atoms with Crippen LogP contribution < -0.4 is 14.4 Å². The molecule has 0 aliphatic carbocycles. The molecule has 0 aromatic heterocycles. The molecule has 34 heavy (non-hydrogen) atoms. The van der Waals surface area contributed by atoms with Crippen LogP contribution in [-0.4, -0.2) is 37.0 Å². The van der Waals surface area contributed by atoms with E-state index >= 15 is 0 Å². The molecule has 0 spiro atoms. The molecule has 170 valence electrons. The molecule has 3 aromatic carbocycles. The molecule has 10 heteroatoms. The van der Waals surface area contributed by atoms with E-state index in [9.17, 15) is 19.2 Å². The summed E-state index contributed by atoms with van der Waals surface area (Å²) in [5.74, 6) is -1.47. The number of fused-ring (bicyclic) bond motifs is 2. The van der Waals surface area contributed by atoms with Crippen LogP contribution in [0.4, 0.5) is 5.69 Å². The highest BCUT2D eigenvalue weighted by molar-refractivity contribution is 6.42. The molecule has 0 bridgehead atoms. The Morgan fingerprint density at radius 1 is 0.824 bits per heavy atom. The van der Waals surface area contributed by atoms with Crippen LogP contribution in [0.2, 0.25) is 10.0 Å². The lowest BCUT2D eigenvalue weighted by atomic mass is 10.1. The van der Waals surface area contributed by atoms with E-state index in [0.717, 1.165) is 4.90 Å². The Kier molecular flexibility index (Phi) is 5.47. The fraction of sp³-hybridized carbons (Fsp3) is 0.0833. The van der Waals surface area contributed by atoms with Crippen LogP contribution in [0.1, 0.15) is 41.4 Å². The Labute approximate surface area is 202 Å². The summed E-state index contributed by atoms with van der Waals surface area (Å²) in [7, 11) is 0. The number of Topliss-reactive ketones (excluding diaryl/α,β-unsaturated/α-hetero) is 1. The van der Waals surface area contributed by atoms with E-state index in [2.05, 4.69) is 0 Å². The van der Waals surface area contributed by atoms with Crippen molar-refractivity contribution in [1.82, 2.24) is 0 Å². The molecule has 0 saturated carbocycles. The van der Waals surface area contributed by atoms with Gasteiger partial charge in [0.15, 0.2) is 23.9 Å². The van der Waals surface area contributed by atoms with Gasteiger partial charge in [0.05, 0.1) is 32.4 Å². The fourth-order valence-electron chi connectivity index (χ4n) is 3.59. The smallest absolute Gasteiger partial charge is 0.338 e. The standard InChI is InChI=1S/C24H13Cl2NO7/c25-17-5-3-14(9-18(17)26)27-22(29)15-4-1-13(7-16(15)23(27)30)24(31)32-10-19(28)12-2-6-20-21(8-12)34-11-33-20/h1-9H,10-11H2. The summed E-state index contributed by atoms with van der Waals surface area (Å²) >= 11 is 11.9. The van der Waals surface area contributed by atoms with Gasteiger partial charge in [0, 0.05) is 5.56 Å². The van der Waals surface area contributed by atoms with E-state index in [4.69, 9.17) is 37.4 Å². The maximum Gasteiger partial charge on any atom is 0.338 e. The van der Waals surface area contributed by atoms with Crippen LogP contribution >= 0.6 is 23.2 Å². The number of esters is 1. The number of hydrogen-bond donors (Lipinski definition) is 0. The summed E-state index contributed by atoms with van der Waals surface area (Å²) in [4.78, 5) is 51.6. The summed E-state index contributed by atoms with van der Waals surface area (Å²) in [6.07, 6.45) is 0. The van der Waals surface area contributed by atoms with Crippen molar-refractivity contribution < 1.29 is 33.4 Å². The monoisotopic (exact) mass is 497 g/mol. The number of hydrogen-bond acceptors (Lipinski definition) is 7. The zero-order valence-electron chi connectivity index (χ0n) is 17.2. The number of imide groups is 1. The number of anilines is 1. The van der Waals surface area contributed by atoms with Crippen LogP contribution in [0.15, 0.2) is 54.6 Å². The van der Waals surface area contributed by atoms with Gasteiger partial charge in [-0.25, -0.2) is 9.69 Å². The van der Waals surface area contributed by atoms with Crippen LogP contribution in [0.25, 0.3) is 0 Å². The number of nitrogens with zero attached hydrogens (tertiary/aromatic N) is 1. The normalized spacial score (nSPS) is 13.8. The molecule has 3 aromatic rings. The second kappa shape index (κ2) is 8.48. The summed E-state index contributed by atoms with van der Waals surface area (Å²) in [5, 5.41) is 0.467. The minimum atomic E-state index is -0.815. The molecule has 0 saturated heterocycles. The predicted octanol–water partition coefficient (Wildman–Crippen LogP) is 4.56. The van der Waals surface area contributed by atoms with Crippen molar-refractivity contribution in [2.24, 2.45) is 0 Å². The lowest BCUT2D eigenvalue weighted by Gasteiger charge is -2.14. The van der Waals surface area contributed by atoms with Gasteiger partial charge in [-0.15, -0.1) is 0 Å². The highest BCUT2D eigenvalue weighted by atomic mass is 35.5. The van der Waals surface area contributed by atoms with Gasteiger partial charge in [-0.2, -0.15) is 0 Å². The quantitative estimate of drug-likeness (QED) is 0.289. The van der Waals surface area contributed by atoms with Crippen molar-refractivity contribution in [3.8, 4) is 11.5 Å². The number of rotatable bonds is 5. The van der Waals surface area contributed by atoms with E-state index in [1.54, 1.807) is 12.1 Å². The first-order valence-electron chi connectivity index (χ1n) is 9.91. The average molecular weight is 498 g/mol. The van der Waals surface area contributed by atoms with Crippen LogP contribution in [0, 0.1) is 0 Å². The number of carbonyl (C=O) groups is 4. The van der Waals surface area contributed by atoms with E-state index in [1.807, 2.05) is 0 Å². The number of benzene rings is 3. The summed E-state index contributed by atoms with van der Waals surface area (Å²) in [6.45, 7) is -0.443. The lowest BCUT2D eigenvalue weighted by Crippen LogP contribution is -2.29. The highest BCUT2D eigenvalue weighted by Crippen LogP contribution is 2.34. The van der Waals surface area contributed by atoms with E-state index in [0.29, 0.717) is 17.1 Å². The molecule has 0 N–H and O–H groups in total. The van der Waals surface area contributed by atoms with Gasteiger partial charge in [0.25, 0.3) is 11.8 Å². The van der Waals surface area contributed by atoms with Crippen molar-refractivity contribution in [2.45, 2.75) is 0 Å². The van der Waals surface area contributed by atoms with Crippen molar-refractivity contribution >= 4 is 52.5 Å². The molecule has 0 unspecified atom stereocenters. The Morgan fingerprint density at radius 3 is 2.35 bits per heavy atom. The predicted molar refractivity (Wildman–Crippen MR) is 121 cm³/mol. The SMILES string of the molecule is O=C(COC(=O)c1ccc2c(c1)C(=O)N(c1ccc(Cl)c(Cl)c1)C2=O)c1ccc2c(c1)OCO2. The van der Waals surface area contributed by atoms with Crippen molar-refractivity contribution in [2.75, 3.05) is 18.3 Å². The fourth-order valence-corrected chi connectivity index (χ4v) is 3.89. The van der Waals surface area contributed by atoms with Crippen LogP contribution in [-0.2, 0) is 4.74 Å². The van der Waals surface area contributed by atoms with Gasteiger partial charge in [0.1, 0.15) is 0 Å². The van der Waals surface area contributed by atoms with E-state index < -0.39 is 30.2 Å². The first-order chi connectivity index (χ1) is 16.3. The molecule has 5 rings (SSSR count). The summed E-state index contributed by atoms with van der Waals surface area (Å²) in [5.41, 5.74) is 0.731. The van der Waals surface area contributed by atoms with Gasteiger partial charge in [0.2, 0.25) is 6.79 Å². The number of halogens is 2. The zero-order valence-corrected chi connectivity index (χ0v) is 18.7. The van der Waals surface area contributed by atoms with E-state index in [-0.39, 0.29) is 39.2 Å². The molecule has 8 nitrogen and oxygen atoms in total. The Bertz CT molecular complexity index is 1400. The Hall–Kier alpha value is -3.88. The number of ketones is 1. The first-order valence-corrected chi connectivity index (χ1v) is 10.7. The minimum absolute atomic E-state index is 0.0226. The van der Waals surface area contributed by atoms with E-state index in [1.165, 1.54) is 42.5 Å². The first kappa shape index (κ1) is 21.9. The minimum Gasteiger partial charge on any atom is -0.454 e. The lowest BCUT2D eigenvalue weighted by molar-refractivity contribution is 0.0474. The van der Waals surface area contributed by atoms with Crippen LogP contribution in [0.5, 0.6) is 11.5 Å². The van der Waals surface area contributed by atoms with Crippen molar-refractivity contribution in [1.29, 1.82) is 0 Å². The Balaban J connectivity index is 1.31. The largest absolute Gasteiger partial charge is 0.454 e. The molecule has 2 aliphatic rings. The highest BCUT2D eigenvalue weighted by Gasteiger charge is 2.37. The topological polar surface area (TPSA) is 99.2 Å². The molecular weight excluding hydrogens is 485 g/mol. The van der Waals surface area contributed by atoms with Gasteiger partial charge < -0.3 is 14.2 Å². The molecule has 2 aliphatic heterocycles. The third-order valence-corrected chi connectivity index (χ3v) is 6.05. The molecule has 2 amide bonds. The van der Waals surface area contributed by atoms with Gasteiger partial charge in [-0.3, -0.25) is 14.4 Å². The zero-order chi connectivity index (χ0) is 24.0. The second-order valence-corrected chi connectivity index (χ2v) is 8.19.